The van der Waals surface area contributed by atoms with Crippen LogP contribution in [-0.2, 0) is 11.3 Å². The molecule has 1 amide bonds. The zero-order valence-electron chi connectivity index (χ0n) is 16.5. The van der Waals surface area contributed by atoms with Gasteiger partial charge in [-0.05, 0) is 67.5 Å². The van der Waals surface area contributed by atoms with E-state index >= 15 is 0 Å². The van der Waals surface area contributed by atoms with Crippen molar-refractivity contribution in [3.05, 3.63) is 51.0 Å². The molecule has 146 valence electrons. The molecule has 1 aromatic heterocycles. The largest absolute Gasteiger partial charge is 0.300 e. The van der Waals surface area contributed by atoms with Gasteiger partial charge in [0.1, 0.15) is 12.1 Å². The van der Waals surface area contributed by atoms with Crippen LogP contribution in [0, 0.1) is 13.8 Å². The van der Waals surface area contributed by atoms with Gasteiger partial charge >= 0.3 is 0 Å². The summed E-state index contributed by atoms with van der Waals surface area (Å²) in [6.45, 7) is 8.58. The Kier molecular flexibility index (Phi) is 4.88. The van der Waals surface area contributed by atoms with Crippen molar-refractivity contribution >= 4 is 51.8 Å². The average molecular weight is 416 g/mol. The molecule has 0 saturated carbocycles. The van der Waals surface area contributed by atoms with Gasteiger partial charge in [-0.25, -0.2) is 9.88 Å². The minimum absolute atomic E-state index is 0.00777. The van der Waals surface area contributed by atoms with Gasteiger partial charge in [-0.3, -0.25) is 9.36 Å². The number of carbonyl (C=O) groups is 1. The lowest BCUT2D eigenvalue weighted by Crippen LogP contribution is -2.23. The Morgan fingerprint density at radius 2 is 1.75 bits per heavy atom. The lowest BCUT2D eigenvalue weighted by Gasteiger charge is -2.19. The number of benzene rings is 2. The smallest absolute Gasteiger partial charge is 0.253 e. The van der Waals surface area contributed by atoms with Crippen LogP contribution in [0.1, 0.15) is 49.3 Å². The van der Waals surface area contributed by atoms with Crippen molar-refractivity contribution in [1.82, 2.24) is 9.55 Å². The van der Waals surface area contributed by atoms with Crippen LogP contribution in [0.25, 0.3) is 11.0 Å². The van der Waals surface area contributed by atoms with E-state index in [1.54, 1.807) is 4.90 Å². The van der Waals surface area contributed by atoms with E-state index in [0.717, 1.165) is 40.7 Å². The summed E-state index contributed by atoms with van der Waals surface area (Å²) < 4.78 is 2.02. The fourth-order valence-electron chi connectivity index (χ4n) is 4.40. The predicted molar refractivity (Wildman–Crippen MR) is 116 cm³/mol. The molecule has 4 rings (SSSR count). The Morgan fingerprint density at radius 3 is 2.36 bits per heavy atom. The standard InChI is InChI=1S/C22H23Cl2N3O/c1-5-14(6-2)16-7-8-17(24)19-21(16)26-11-18(28)27(22(26)25-19)20-12(3)9-15(23)10-13(20)4/h7-10,14H,5-6,11H2,1-4H3. The number of anilines is 2. The first-order chi connectivity index (χ1) is 13.4. The highest BCUT2D eigenvalue weighted by Gasteiger charge is 2.35. The molecule has 0 N–H and O–H groups in total. The summed E-state index contributed by atoms with van der Waals surface area (Å²) in [7, 11) is 0. The lowest BCUT2D eigenvalue weighted by molar-refractivity contribution is -0.117. The maximum absolute atomic E-state index is 13.0. The second-order valence-corrected chi connectivity index (χ2v) is 8.31. The van der Waals surface area contributed by atoms with Gasteiger partial charge in [0.25, 0.3) is 5.91 Å². The second-order valence-electron chi connectivity index (χ2n) is 7.46. The maximum atomic E-state index is 13.0. The quantitative estimate of drug-likeness (QED) is 0.484. The number of amides is 1. The molecule has 2 aromatic carbocycles. The predicted octanol–water partition coefficient (Wildman–Crippen LogP) is 6.54. The van der Waals surface area contributed by atoms with E-state index in [1.807, 2.05) is 36.6 Å². The number of aryl methyl sites for hydroxylation is 2. The van der Waals surface area contributed by atoms with Gasteiger partial charge in [0.05, 0.1) is 16.2 Å². The molecule has 2 heterocycles. The first-order valence-electron chi connectivity index (χ1n) is 9.65. The third-order valence-electron chi connectivity index (χ3n) is 5.70. The van der Waals surface area contributed by atoms with Gasteiger partial charge in [0, 0.05) is 5.02 Å². The van der Waals surface area contributed by atoms with Crippen molar-refractivity contribution < 1.29 is 4.79 Å². The van der Waals surface area contributed by atoms with Crippen LogP contribution in [-0.4, -0.2) is 15.5 Å². The molecule has 3 aromatic rings. The number of hydrogen-bond donors (Lipinski definition) is 0. The van der Waals surface area contributed by atoms with Crippen LogP contribution in [0.2, 0.25) is 10.0 Å². The number of hydrogen-bond acceptors (Lipinski definition) is 2. The van der Waals surface area contributed by atoms with E-state index in [1.165, 1.54) is 5.56 Å². The third-order valence-corrected chi connectivity index (χ3v) is 6.23. The first kappa shape index (κ1) is 19.3. The molecule has 0 radical (unpaired) electrons. The molecule has 0 spiro atoms. The molecule has 0 unspecified atom stereocenters. The molecule has 0 saturated heterocycles. The van der Waals surface area contributed by atoms with Crippen molar-refractivity contribution in [1.29, 1.82) is 0 Å². The average Bonchev–Trinajstić information content (AvgIpc) is 3.14. The van der Waals surface area contributed by atoms with Gasteiger partial charge in [0.15, 0.2) is 0 Å². The number of imidazole rings is 1. The van der Waals surface area contributed by atoms with Crippen LogP contribution < -0.4 is 4.90 Å². The van der Waals surface area contributed by atoms with Crippen molar-refractivity contribution in [3.63, 3.8) is 0 Å². The topological polar surface area (TPSA) is 38.1 Å². The van der Waals surface area contributed by atoms with Crippen LogP contribution >= 0.6 is 23.2 Å². The third kappa shape index (κ3) is 2.82. The summed E-state index contributed by atoms with van der Waals surface area (Å²) in [5.74, 6) is 1.05. The Labute approximate surface area is 175 Å². The lowest BCUT2D eigenvalue weighted by atomic mass is 9.93. The number of aromatic nitrogens is 2. The van der Waals surface area contributed by atoms with Gasteiger partial charge in [-0.1, -0.05) is 43.1 Å². The minimum Gasteiger partial charge on any atom is -0.300 e. The van der Waals surface area contributed by atoms with E-state index in [4.69, 9.17) is 28.2 Å². The zero-order valence-corrected chi connectivity index (χ0v) is 18.0. The van der Waals surface area contributed by atoms with E-state index < -0.39 is 0 Å². The molecular weight excluding hydrogens is 393 g/mol. The highest BCUT2D eigenvalue weighted by molar-refractivity contribution is 6.35. The Bertz CT molecular complexity index is 1080. The molecule has 0 fully saturated rings. The number of fused-ring (bicyclic) bond motifs is 3. The van der Waals surface area contributed by atoms with Gasteiger partial charge in [-0.2, -0.15) is 0 Å². The van der Waals surface area contributed by atoms with E-state index in [2.05, 4.69) is 19.9 Å². The minimum atomic E-state index is 0.00777. The van der Waals surface area contributed by atoms with Crippen LogP contribution in [0.3, 0.4) is 0 Å². The SMILES string of the molecule is CCC(CC)c1ccc(Cl)c2nc3n(c12)CC(=O)N3c1c(C)cc(Cl)cc1C. The zero-order chi connectivity index (χ0) is 20.2. The summed E-state index contributed by atoms with van der Waals surface area (Å²) >= 11 is 12.7. The molecule has 1 aliphatic rings. The van der Waals surface area contributed by atoms with Crippen molar-refractivity contribution in [2.45, 2.75) is 53.0 Å². The van der Waals surface area contributed by atoms with Crippen LogP contribution in [0.15, 0.2) is 24.3 Å². The summed E-state index contributed by atoms with van der Waals surface area (Å²) in [6, 6.07) is 7.77. The number of nitrogens with zero attached hydrogens (tertiary/aromatic N) is 3. The monoisotopic (exact) mass is 415 g/mol. The Morgan fingerprint density at radius 1 is 1.11 bits per heavy atom. The maximum Gasteiger partial charge on any atom is 0.253 e. The fraction of sp³-hybridized carbons (Fsp3) is 0.364. The Balaban J connectivity index is 1.99. The summed E-state index contributed by atoms with van der Waals surface area (Å²) in [5, 5.41) is 1.28. The molecular formula is C22H23Cl2N3O. The van der Waals surface area contributed by atoms with E-state index in [-0.39, 0.29) is 12.5 Å². The van der Waals surface area contributed by atoms with Gasteiger partial charge in [0.2, 0.25) is 5.95 Å². The summed E-state index contributed by atoms with van der Waals surface area (Å²) in [5.41, 5.74) is 5.71. The van der Waals surface area contributed by atoms with Gasteiger partial charge < -0.3 is 0 Å². The molecule has 0 bridgehead atoms. The first-order valence-corrected chi connectivity index (χ1v) is 10.4. The normalized spacial score (nSPS) is 13.8. The fourth-order valence-corrected chi connectivity index (χ4v) is 4.92. The highest BCUT2D eigenvalue weighted by Crippen LogP contribution is 2.42. The molecule has 1 aliphatic heterocycles. The van der Waals surface area contributed by atoms with Crippen molar-refractivity contribution in [2.24, 2.45) is 0 Å². The van der Waals surface area contributed by atoms with Crippen LogP contribution in [0.4, 0.5) is 11.6 Å². The highest BCUT2D eigenvalue weighted by atomic mass is 35.5. The van der Waals surface area contributed by atoms with E-state index in [9.17, 15) is 4.79 Å². The number of carbonyl (C=O) groups excluding carboxylic acids is 1. The molecule has 0 atom stereocenters. The summed E-state index contributed by atoms with van der Waals surface area (Å²) in [6.07, 6.45) is 2.06. The number of halogens is 2. The van der Waals surface area contributed by atoms with Crippen LogP contribution in [0.5, 0.6) is 0 Å². The second kappa shape index (κ2) is 7.09. The number of rotatable bonds is 4. The Hall–Kier alpha value is -2.04. The molecule has 0 aliphatic carbocycles. The van der Waals surface area contributed by atoms with E-state index in [0.29, 0.717) is 21.9 Å². The molecule has 28 heavy (non-hydrogen) atoms. The summed E-state index contributed by atoms with van der Waals surface area (Å²) in [4.78, 5) is 19.6. The molecule has 4 nitrogen and oxygen atoms in total. The van der Waals surface area contributed by atoms with Crippen molar-refractivity contribution in [2.75, 3.05) is 4.90 Å². The molecule has 6 heteroatoms. The van der Waals surface area contributed by atoms with Crippen molar-refractivity contribution in [3.8, 4) is 0 Å². The van der Waals surface area contributed by atoms with Gasteiger partial charge in [-0.15, -0.1) is 0 Å².